The Morgan fingerprint density at radius 3 is 2.48 bits per heavy atom. The van der Waals surface area contributed by atoms with Gasteiger partial charge in [-0.15, -0.1) is 10.2 Å². The van der Waals surface area contributed by atoms with Crippen molar-refractivity contribution >= 4 is 17.7 Å². The smallest absolute Gasteiger partial charge is 0.222 e. The van der Waals surface area contributed by atoms with E-state index in [-0.39, 0.29) is 6.04 Å². The highest BCUT2D eigenvalue weighted by atomic mass is 32.2. The minimum absolute atomic E-state index is 0.241. The van der Waals surface area contributed by atoms with Gasteiger partial charge in [0, 0.05) is 11.8 Å². The predicted octanol–water partition coefficient (Wildman–Crippen LogP) is 2.62. The molecule has 0 radical (unpaired) electrons. The molecular weight excluding hydrogens is 288 g/mol. The van der Waals surface area contributed by atoms with Gasteiger partial charge in [0.05, 0.1) is 13.7 Å². The van der Waals surface area contributed by atoms with Crippen LogP contribution in [-0.4, -0.2) is 34.2 Å². The van der Waals surface area contributed by atoms with Crippen molar-refractivity contribution in [3.05, 3.63) is 24.3 Å². The molecule has 0 bridgehead atoms. The highest BCUT2D eigenvalue weighted by Gasteiger charge is 2.12. The maximum atomic E-state index is 5.80. The van der Waals surface area contributed by atoms with Gasteiger partial charge in [-0.3, -0.25) is 4.57 Å². The first kappa shape index (κ1) is 15.5. The van der Waals surface area contributed by atoms with Gasteiger partial charge in [0.15, 0.2) is 5.16 Å². The molecule has 0 fully saturated rings. The zero-order chi connectivity index (χ0) is 15.2. The quantitative estimate of drug-likeness (QED) is 0.626. The molecule has 1 aromatic carbocycles. The number of benzene rings is 1. The molecule has 0 aliphatic rings. The van der Waals surface area contributed by atoms with E-state index >= 15 is 0 Å². The fourth-order valence-corrected chi connectivity index (χ4v) is 2.73. The van der Waals surface area contributed by atoms with Gasteiger partial charge in [0.2, 0.25) is 5.95 Å². The van der Waals surface area contributed by atoms with Gasteiger partial charge in [0.25, 0.3) is 0 Å². The molecule has 0 unspecified atom stereocenters. The molecule has 0 aliphatic heterocycles. The third kappa shape index (κ3) is 4.04. The van der Waals surface area contributed by atoms with Crippen molar-refractivity contribution in [2.75, 3.05) is 25.2 Å². The molecule has 0 saturated carbocycles. The van der Waals surface area contributed by atoms with Gasteiger partial charge in [-0.1, -0.05) is 11.8 Å². The van der Waals surface area contributed by atoms with Crippen molar-refractivity contribution in [1.29, 1.82) is 0 Å². The largest absolute Gasteiger partial charge is 0.497 e. The number of hydrogen-bond donors (Lipinski definition) is 1. The molecule has 0 atom stereocenters. The number of methoxy groups -OCH3 is 1. The summed E-state index contributed by atoms with van der Waals surface area (Å²) in [6, 6.07) is 7.76. The molecule has 2 aromatic rings. The number of thioether (sulfide) groups is 1. The zero-order valence-corrected chi connectivity index (χ0v) is 13.3. The molecule has 21 heavy (non-hydrogen) atoms. The highest BCUT2D eigenvalue weighted by Crippen LogP contribution is 2.23. The van der Waals surface area contributed by atoms with Gasteiger partial charge in [-0.2, -0.15) is 0 Å². The van der Waals surface area contributed by atoms with Crippen LogP contribution >= 0.6 is 11.8 Å². The number of nitrogen functional groups attached to an aromatic ring is 1. The second-order valence-corrected chi connectivity index (χ2v) is 5.74. The normalized spacial score (nSPS) is 10.9. The number of anilines is 1. The standard InChI is InChI=1S/C14H20N4O2S/c1-10(2)18-13(15)16-17-14(18)21-9-8-20-12-6-4-11(19-3)5-7-12/h4-7,10H,8-9H2,1-3H3,(H2,15,16). The lowest BCUT2D eigenvalue weighted by Gasteiger charge is -2.11. The van der Waals surface area contributed by atoms with Crippen LogP contribution in [0.5, 0.6) is 11.5 Å². The molecular formula is C14H20N4O2S. The zero-order valence-electron chi connectivity index (χ0n) is 12.4. The molecule has 7 heteroatoms. The summed E-state index contributed by atoms with van der Waals surface area (Å²) >= 11 is 1.58. The highest BCUT2D eigenvalue weighted by molar-refractivity contribution is 7.99. The minimum atomic E-state index is 0.241. The topological polar surface area (TPSA) is 75.2 Å². The minimum Gasteiger partial charge on any atom is -0.497 e. The lowest BCUT2D eigenvalue weighted by molar-refractivity contribution is 0.342. The number of hydrogen-bond acceptors (Lipinski definition) is 6. The maximum absolute atomic E-state index is 5.80. The van der Waals surface area contributed by atoms with E-state index in [9.17, 15) is 0 Å². The molecule has 114 valence electrons. The van der Waals surface area contributed by atoms with E-state index in [1.807, 2.05) is 28.8 Å². The fourth-order valence-electron chi connectivity index (χ4n) is 1.84. The van der Waals surface area contributed by atoms with Gasteiger partial charge >= 0.3 is 0 Å². The van der Waals surface area contributed by atoms with Gasteiger partial charge in [-0.05, 0) is 38.1 Å². The number of ether oxygens (including phenoxy) is 2. The Hall–Kier alpha value is -1.89. The molecule has 1 heterocycles. The van der Waals surface area contributed by atoms with Crippen LogP contribution in [0.4, 0.5) is 5.95 Å². The summed E-state index contributed by atoms with van der Waals surface area (Å²) in [5.74, 6) is 2.86. The first-order valence-corrected chi connectivity index (χ1v) is 7.70. The van der Waals surface area contributed by atoms with Crippen LogP contribution in [0.25, 0.3) is 0 Å². The van der Waals surface area contributed by atoms with E-state index in [1.165, 1.54) is 0 Å². The Morgan fingerprint density at radius 1 is 1.19 bits per heavy atom. The van der Waals surface area contributed by atoms with E-state index in [0.717, 1.165) is 22.4 Å². The Bertz CT molecular complexity index is 569. The monoisotopic (exact) mass is 308 g/mol. The van der Waals surface area contributed by atoms with Crippen molar-refractivity contribution < 1.29 is 9.47 Å². The fraction of sp³-hybridized carbons (Fsp3) is 0.429. The Kier molecular flexibility index (Phi) is 5.32. The lowest BCUT2D eigenvalue weighted by atomic mass is 10.3. The van der Waals surface area contributed by atoms with Crippen LogP contribution < -0.4 is 15.2 Å². The summed E-state index contributed by atoms with van der Waals surface area (Å²) < 4.78 is 12.7. The average Bonchev–Trinajstić information content (AvgIpc) is 2.85. The molecule has 2 N–H and O–H groups in total. The first-order valence-electron chi connectivity index (χ1n) is 6.72. The van der Waals surface area contributed by atoms with Crippen molar-refractivity contribution in [1.82, 2.24) is 14.8 Å². The molecule has 0 saturated heterocycles. The molecule has 2 rings (SSSR count). The number of nitrogens with two attached hydrogens (primary N) is 1. The maximum Gasteiger partial charge on any atom is 0.222 e. The Morgan fingerprint density at radius 2 is 1.86 bits per heavy atom. The third-order valence-corrected chi connectivity index (χ3v) is 3.76. The van der Waals surface area contributed by atoms with E-state index < -0.39 is 0 Å². The van der Waals surface area contributed by atoms with Crippen molar-refractivity contribution in [3.63, 3.8) is 0 Å². The SMILES string of the molecule is COc1ccc(OCCSc2nnc(N)n2C(C)C)cc1. The number of aromatic nitrogens is 3. The summed E-state index contributed by atoms with van der Waals surface area (Å²) in [5, 5.41) is 8.81. The van der Waals surface area contributed by atoms with E-state index in [2.05, 4.69) is 24.0 Å². The van der Waals surface area contributed by atoms with E-state index in [0.29, 0.717) is 12.6 Å². The second-order valence-electron chi connectivity index (χ2n) is 4.68. The second kappa shape index (κ2) is 7.21. The summed E-state index contributed by atoms with van der Waals surface area (Å²) in [7, 11) is 1.64. The molecule has 6 nitrogen and oxygen atoms in total. The van der Waals surface area contributed by atoms with E-state index in [1.54, 1.807) is 18.9 Å². The Balaban J connectivity index is 1.82. The van der Waals surface area contributed by atoms with Gasteiger partial charge in [0.1, 0.15) is 11.5 Å². The first-order chi connectivity index (χ1) is 10.1. The van der Waals surface area contributed by atoms with Crippen LogP contribution in [0.15, 0.2) is 29.4 Å². The van der Waals surface area contributed by atoms with Crippen molar-refractivity contribution in [3.8, 4) is 11.5 Å². The number of nitrogens with zero attached hydrogens (tertiary/aromatic N) is 3. The van der Waals surface area contributed by atoms with Crippen LogP contribution in [0.1, 0.15) is 19.9 Å². The third-order valence-electron chi connectivity index (χ3n) is 2.85. The van der Waals surface area contributed by atoms with Gasteiger partial charge < -0.3 is 15.2 Å². The summed E-state index contributed by atoms with van der Waals surface area (Å²) in [6.07, 6.45) is 0. The average molecular weight is 308 g/mol. The molecule has 1 aromatic heterocycles. The lowest BCUT2D eigenvalue weighted by Crippen LogP contribution is -2.08. The van der Waals surface area contributed by atoms with Crippen LogP contribution in [-0.2, 0) is 0 Å². The Labute approximate surface area is 128 Å². The summed E-state index contributed by atoms with van der Waals surface area (Å²) in [4.78, 5) is 0. The number of rotatable bonds is 7. The van der Waals surface area contributed by atoms with Crippen LogP contribution in [0, 0.1) is 0 Å². The van der Waals surface area contributed by atoms with E-state index in [4.69, 9.17) is 15.2 Å². The van der Waals surface area contributed by atoms with Crippen molar-refractivity contribution in [2.24, 2.45) is 0 Å². The van der Waals surface area contributed by atoms with Crippen LogP contribution in [0.2, 0.25) is 0 Å². The summed E-state index contributed by atoms with van der Waals surface area (Å²) in [6.45, 7) is 4.69. The summed E-state index contributed by atoms with van der Waals surface area (Å²) in [5.41, 5.74) is 5.80. The molecule has 0 spiro atoms. The molecule has 0 amide bonds. The van der Waals surface area contributed by atoms with Crippen LogP contribution in [0.3, 0.4) is 0 Å². The molecule has 0 aliphatic carbocycles. The predicted molar refractivity (Wildman–Crippen MR) is 84.0 cm³/mol. The van der Waals surface area contributed by atoms with Crippen molar-refractivity contribution in [2.45, 2.75) is 25.0 Å². The van der Waals surface area contributed by atoms with Gasteiger partial charge in [-0.25, -0.2) is 0 Å².